The minimum atomic E-state index is -0.0410. The molecule has 1 aromatic carbocycles. The zero-order chi connectivity index (χ0) is 13.7. The SMILES string of the molecule is CCNC1CC(C)(C2(C)CC2)Oc2ccc(Br)cc21. The Morgan fingerprint density at radius 2 is 2.11 bits per heavy atom. The Morgan fingerprint density at radius 1 is 1.37 bits per heavy atom. The summed E-state index contributed by atoms with van der Waals surface area (Å²) in [5.74, 6) is 1.05. The van der Waals surface area contributed by atoms with Crippen LogP contribution in [-0.4, -0.2) is 12.1 Å². The van der Waals surface area contributed by atoms with Gasteiger partial charge in [0.2, 0.25) is 0 Å². The van der Waals surface area contributed by atoms with Gasteiger partial charge in [-0.15, -0.1) is 0 Å². The van der Waals surface area contributed by atoms with Crippen molar-refractivity contribution < 1.29 is 4.74 Å². The van der Waals surface area contributed by atoms with Gasteiger partial charge in [0.25, 0.3) is 0 Å². The van der Waals surface area contributed by atoms with Crippen LogP contribution in [0.5, 0.6) is 5.75 Å². The number of hydrogen-bond donors (Lipinski definition) is 1. The van der Waals surface area contributed by atoms with Crippen molar-refractivity contribution in [2.24, 2.45) is 5.41 Å². The molecule has 0 radical (unpaired) electrons. The van der Waals surface area contributed by atoms with E-state index < -0.39 is 0 Å². The highest BCUT2D eigenvalue weighted by Gasteiger charge is 2.57. The van der Waals surface area contributed by atoms with E-state index >= 15 is 0 Å². The lowest BCUT2D eigenvalue weighted by atomic mass is 9.78. The molecule has 1 heterocycles. The third-order valence-corrected chi connectivity index (χ3v) is 5.50. The number of fused-ring (bicyclic) bond motifs is 1. The van der Waals surface area contributed by atoms with E-state index in [0.29, 0.717) is 11.5 Å². The largest absolute Gasteiger partial charge is 0.487 e. The molecule has 1 saturated carbocycles. The van der Waals surface area contributed by atoms with Crippen LogP contribution in [0.15, 0.2) is 22.7 Å². The summed E-state index contributed by atoms with van der Waals surface area (Å²) in [7, 11) is 0. The highest BCUT2D eigenvalue weighted by molar-refractivity contribution is 9.10. The minimum absolute atomic E-state index is 0.0410. The minimum Gasteiger partial charge on any atom is -0.487 e. The normalized spacial score (nSPS) is 31.5. The molecule has 2 atom stereocenters. The van der Waals surface area contributed by atoms with Crippen LogP contribution in [0.4, 0.5) is 0 Å². The van der Waals surface area contributed by atoms with Gasteiger partial charge in [0, 0.05) is 27.9 Å². The van der Waals surface area contributed by atoms with Crippen LogP contribution < -0.4 is 10.1 Å². The predicted molar refractivity (Wildman–Crippen MR) is 81.6 cm³/mol. The lowest BCUT2D eigenvalue weighted by molar-refractivity contribution is -0.0132. The Hall–Kier alpha value is -0.540. The first-order valence-corrected chi connectivity index (χ1v) is 7.99. The van der Waals surface area contributed by atoms with Gasteiger partial charge in [-0.2, -0.15) is 0 Å². The summed E-state index contributed by atoms with van der Waals surface area (Å²) >= 11 is 3.57. The van der Waals surface area contributed by atoms with Crippen LogP contribution in [-0.2, 0) is 0 Å². The molecule has 104 valence electrons. The summed E-state index contributed by atoms with van der Waals surface area (Å²) in [4.78, 5) is 0. The molecule has 1 aliphatic carbocycles. The fraction of sp³-hybridized carbons (Fsp3) is 0.625. The molecule has 19 heavy (non-hydrogen) atoms. The summed E-state index contributed by atoms with van der Waals surface area (Å²) < 4.78 is 7.54. The molecule has 3 rings (SSSR count). The van der Waals surface area contributed by atoms with Crippen LogP contribution in [0.2, 0.25) is 0 Å². The van der Waals surface area contributed by atoms with E-state index in [1.165, 1.54) is 18.4 Å². The summed E-state index contributed by atoms with van der Waals surface area (Å²) in [6.07, 6.45) is 3.63. The maximum atomic E-state index is 6.42. The Morgan fingerprint density at radius 3 is 2.74 bits per heavy atom. The third-order valence-electron chi connectivity index (χ3n) is 5.00. The van der Waals surface area contributed by atoms with Gasteiger partial charge >= 0.3 is 0 Å². The molecular weight excluding hydrogens is 302 g/mol. The van der Waals surface area contributed by atoms with Crippen molar-refractivity contribution in [3.8, 4) is 5.75 Å². The smallest absolute Gasteiger partial charge is 0.125 e. The number of halogens is 1. The Balaban J connectivity index is 1.99. The molecular formula is C16H22BrNO. The van der Waals surface area contributed by atoms with Crippen LogP contribution >= 0.6 is 15.9 Å². The van der Waals surface area contributed by atoms with Crippen LogP contribution in [0.25, 0.3) is 0 Å². The van der Waals surface area contributed by atoms with Gasteiger partial charge in [0.1, 0.15) is 11.4 Å². The molecule has 2 aliphatic rings. The predicted octanol–water partition coefficient (Wildman–Crippen LogP) is 4.44. The summed E-state index contributed by atoms with van der Waals surface area (Å²) in [5.41, 5.74) is 1.60. The van der Waals surface area contributed by atoms with Gasteiger partial charge in [0.05, 0.1) is 0 Å². The summed E-state index contributed by atoms with van der Waals surface area (Å²) in [6, 6.07) is 6.77. The number of rotatable bonds is 3. The fourth-order valence-corrected chi connectivity index (χ4v) is 3.56. The first-order valence-electron chi connectivity index (χ1n) is 7.19. The van der Waals surface area contributed by atoms with Crippen molar-refractivity contribution >= 4 is 15.9 Å². The van der Waals surface area contributed by atoms with Gasteiger partial charge < -0.3 is 10.1 Å². The van der Waals surface area contributed by atoms with E-state index in [9.17, 15) is 0 Å². The Labute approximate surface area is 124 Å². The van der Waals surface area contributed by atoms with E-state index in [1.807, 2.05) is 0 Å². The molecule has 0 aromatic heterocycles. The van der Waals surface area contributed by atoms with Crippen LogP contribution in [0, 0.1) is 5.41 Å². The zero-order valence-corrected chi connectivity index (χ0v) is 13.5. The average molecular weight is 324 g/mol. The second-order valence-corrected chi connectivity index (χ2v) is 7.31. The molecule has 1 N–H and O–H groups in total. The topological polar surface area (TPSA) is 21.3 Å². The second kappa shape index (κ2) is 4.49. The molecule has 1 aliphatic heterocycles. The second-order valence-electron chi connectivity index (χ2n) is 6.39. The molecule has 0 spiro atoms. The van der Waals surface area contributed by atoms with Crippen molar-refractivity contribution in [3.05, 3.63) is 28.2 Å². The standard InChI is InChI=1S/C16H22BrNO/c1-4-18-13-10-16(3,15(2)7-8-15)19-14-6-5-11(17)9-12(13)14/h5-6,9,13,18H,4,7-8,10H2,1-3H3. The molecule has 3 heteroatoms. The van der Waals surface area contributed by atoms with E-state index in [1.54, 1.807) is 0 Å². The molecule has 2 unspecified atom stereocenters. The third kappa shape index (κ3) is 2.21. The average Bonchev–Trinajstić information content (AvgIpc) is 3.11. The summed E-state index contributed by atoms with van der Waals surface area (Å²) in [6.45, 7) is 7.81. The molecule has 1 fully saturated rings. The van der Waals surface area contributed by atoms with Crippen LogP contribution in [0.3, 0.4) is 0 Å². The van der Waals surface area contributed by atoms with Crippen molar-refractivity contribution in [3.63, 3.8) is 0 Å². The lowest BCUT2D eigenvalue weighted by Crippen LogP contribution is -2.47. The number of ether oxygens (including phenoxy) is 1. The quantitative estimate of drug-likeness (QED) is 0.887. The van der Waals surface area contributed by atoms with E-state index in [4.69, 9.17) is 4.74 Å². The van der Waals surface area contributed by atoms with Gasteiger partial charge in [-0.05, 0) is 44.5 Å². The van der Waals surface area contributed by atoms with Gasteiger partial charge in [-0.1, -0.05) is 29.8 Å². The van der Waals surface area contributed by atoms with Crippen molar-refractivity contribution in [1.82, 2.24) is 5.32 Å². The van der Waals surface area contributed by atoms with E-state index in [2.05, 4.69) is 60.2 Å². The maximum absolute atomic E-state index is 6.42. The molecule has 0 amide bonds. The van der Waals surface area contributed by atoms with Crippen molar-refractivity contribution in [1.29, 1.82) is 0 Å². The first-order chi connectivity index (χ1) is 8.97. The van der Waals surface area contributed by atoms with E-state index in [-0.39, 0.29) is 5.60 Å². The maximum Gasteiger partial charge on any atom is 0.125 e. The van der Waals surface area contributed by atoms with Crippen molar-refractivity contribution in [2.45, 2.75) is 51.7 Å². The van der Waals surface area contributed by atoms with Crippen molar-refractivity contribution in [2.75, 3.05) is 6.54 Å². The van der Waals surface area contributed by atoms with Crippen LogP contribution in [0.1, 0.15) is 51.6 Å². The number of hydrogen-bond acceptors (Lipinski definition) is 2. The molecule has 2 nitrogen and oxygen atoms in total. The van der Waals surface area contributed by atoms with Gasteiger partial charge in [0.15, 0.2) is 0 Å². The first kappa shape index (κ1) is 13.4. The summed E-state index contributed by atoms with van der Waals surface area (Å²) in [5, 5.41) is 3.62. The fourth-order valence-electron chi connectivity index (χ4n) is 3.18. The monoisotopic (exact) mass is 323 g/mol. The lowest BCUT2D eigenvalue weighted by Gasteiger charge is -2.44. The zero-order valence-electron chi connectivity index (χ0n) is 11.9. The Kier molecular flexibility index (Phi) is 3.18. The molecule has 0 saturated heterocycles. The Bertz CT molecular complexity index is 498. The number of nitrogens with one attached hydrogen (secondary N) is 1. The van der Waals surface area contributed by atoms with Gasteiger partial charge in [-0.3, -0.25) is 0 Å². The molecule has 0 bridgehead atoms. The molecule has 1 aromatic rings. The highest BCUT2D eigenvalue weighted by Crippen LogP contribution is 2.59. The van der Waals surface area contributed by atoms with E-state index in [0.717, 1.165) is 23.2 Å². The highest BCUT2D eigenvalue weighted by atomic mass is 79.9. The number of benzene rings is 1. The van der Waals surface area contributed by atoms with Gasteiger partial charge in [-0.25, -0.2) is 0 Å².